The molecule has 0 saturated heterocycles. The van der Waals surface area contributed by atoms with E-state index in [2.05, 4.69) is 90.2 Å². The predicted molar refractivity (Wildman–Crippen MR) is 355 cm³/mol. The van der Waals surface area contributed by atoms with E-state index in [0.717, 1.165) is 103 Å². The number of rotatable bonds is 63. The summed E-state index contributed by atoms with van der Waals surface area (Å²) >= 11 is 0. The molecule has 0 rings (SSSR count). The highest BCUT2D eigenvalue weighted by atomic mass is 16.5. The molecule has 0 N–H and O–H groups in total. The van der Waals surface area contributed by atoms with Gasteiger partial charge in [0.1, 0.15) is 10.8 Å². The van der Waals surface area contributed by atoms with Gasteiger partial charge in [0.15, 0.2) is 0 Å². The summed E-state index contributed by atoms with van der Waals surface area (Å²) in [4.78, 5) is 31.4. The Morgan fingerprint density at radius 3 is 0.550 bits per heavy atom. The average Bonchev–Trinajstić information content (AvgIpc) is 3.48. The van der Waals surface area contributed by atoms with Crippen LogP contribution in [0, 0.1) is 10.8 Å². The highest BCUT2D eigenvalue weighted by Crippen LogP contribution is 2.49. The lowest BCUT2D eigenvalue weighted by Crippen LogP contribution is -2.49. The fourth-order valence-corrected chi connectivity index (χ4v) is 11.3. The Kier molecular flexibility index (Phi) is 60.4. The van der Waals surface area contributed by atoms with Gasteiger partial charge in [0.2, 0.25) is 0 Å². The van der Waals surface area contributed by atoms with E-state index >= 15 is 9.59 Å². The minimum absolute atomic E-state index is 0.405. The van der Waals surface area contributed by atoms with Gasteiger partial charge in [-0.1, -0.05) is 360 Å². The number of esters is 2. The van der Waals surface area contributed by atoms with E-state index in [1.54, 1.807) is 12.5 Å². The average molecular weight is 1120 g/mol. The summed E-state index contributed by atoms with van der Waals surface area (Å²) in [7, 11) is 0. The molecule has 0 aromatic carbocycles. The topological polar surface area (TPSA) is 52.6 Å². The van der Waals surface area contributed by atoms with Crippen molar-refractivity contribution < 1.29 is 19.1 Å². The van der Waals surface area contributed by atoms with E-state index in [0.29, 0.717) is 0 Å². The number of carbonyl (C=O) groups excluding carboxylic acids is 2. The van der Waals surface area contributed by atoms with Crippen LogP contribution in [0.4, 0.5) is 0 Å². The number of ether oxygens (including phenoxy) is 2. The van der Waals surface area contributed by atoms with Gasteiger partial charge in [0, 0.05) is 0 Å². The molecule has 466 valence electrons. The van der Waals surface area contributed by atoms with Crippen LogP contribution in [-0.4, -0.2) is 11.9 Å². The molecule has 0 fully saturated rings. The maximum Gasteiger partial charge on any atom is 0.326 e. The summed E-state index contributed by atoms with van der Waals surface area (Å²) < 4.78 is 12.8. The van der Waals surface area contributed by atoms with Gasteiger partial charge >= 0.3 is 11.9 Å². The summed E-state index contributed by atoms with van der Waals surface area (Å²) in [6.07, 6.45) is 89.6. The molecule has 0 saturated carbocycles. The number of hydrogen-bond acceptors (Lipinski definition) is 4. The van der Waals surface area contributed by atoms with E-state index < -0.39 is 22.8 Å². The van der Waals surface area contributed by atoms with Crippen LogP contribution in [0.1, 0.15) is 388 Å². The molecule has 4 nitrogen and oxygen atoms in total. The molecule has 0 radical (unpaired) electrons. The van der Waals surface area contributed by atoms with Crippen LogP contribution < -0.4 is 0 Å². The third-order valence-corrected chi connectivity index (χ3v) is 16.8. The highest BCUT2D eigenvalue weighted by Gasteiger charge is 2.57. The van der Waals surface area contributed by atoms with Gasteiger partial charge < -0.3 is 9.47 Å². The van der Waals surface area contributed by atoms with E-state index in [4.69, 9.17) is 9.47 Å². The molecule has 0 aliphatic carbocycles. The lowest BCUT2D eigenvalue weighted by Gasteiger charge is -2.40. The van der Waals surface area contributed by atoms with Gasteiger partial charge in [-0.15, -0.1) is 0 Å². The fourth-order valence-electron chi connectivity index (χ4n) is 11.3. The van der Waals surface area contributed by atoms with Crippen molar-refractivity contribution >= 4 is 11.9 Å². The lowest BCUT2D eigenvalue weighted by atomic mass is 9.61. The van der Waals surface area contributed by atoms with Crippen molar-refractivity contribution in [1.29, 1.82) is 0 Å². The molecular weight excluding hydrogens is 977 g/mol. The van der Waals surface area contributed by atoms with Crippen molar-refractivity contribution in [1.82, 2.24) is 0 Å². The predicted octanol–water partition coefficient (Wildman–Crippen LogP) is 26.5. The van der Waals surface area contributed by atoms with Crippen LogP contribution in [0.25, 0.3) is 0 Å². The Balaban J connectivity index is 7.57. The first-order valence-electron chi connectivity index (χ1n) is 35.9. The molecule has 0 atom stereocenters. The van der Waals surface area contributed by atoms with Crippen LogP contribution in [0.3, 0.4) is 0 Å². The van der Waals surface area contributed by atoms with Crippen molar-refractivity contribution in [2.45, 2.75) is 388 Å². The number of unbranched alkanes of at least 4 members (excludes halogenated alkanes) is 48. The largest absolute Gasteiger partial charge is 0.434 e. The second-order valence-corrected chi connectivity index (χ2v) is 24.5. The van der Waals surface area contributed by atoms with E-state index in [9.17, 15) is 0 Å². The summed E-state index contributed by atoms with van der Waals surface area (Å²) in [5, 5.41) is 0. The molecule has 0 unspecified atom stereocenters. The third-order valence-electron chi connectivity index (χ3n) is 16.8. The first-order chi connectivity index (χ1) is 39.5. The van der Waals surface area contributed by atoms with Crippen molar-refractivity contribution in [3.8, 4) is 0 Å². The third kappa shape index (κ3) is 44.9. The van der Waals surface area contributed by atoms with Gasteiger partial charge in [0.25, 0.3) is 0 Å². The molecule has 0 aromatic rings. The van der Waals surface area contributed by atoms with Gasteiger partial charge in [-0.3, -0.25) is 9.59 Å². The SMILES string of the molecule is CCCCCCCCCCC=COC(=O)C(C=CCCCCCCCCCC)(C=CCCCCCCCCCC)C(C=CCCCCCCCCCC)(C=CCCCCCCCCCC)C(=O)OC=CCCCCCCCCCC. The smallest absolute Gasteiger partial charge is 0.326 e. The zero-order chi connectivity index (χ0) is 58.2. The van der Waals surface area contributed by atoms with Crippen LogP contribution in [0.2, 0.25) is 0 Å². The molecule has 0 aromatic heterocycles. The molecule has 0 aliphatic heterocycles. The van der Waals surface area contributed by atoms with Crippen molar-refractivity contribution in [3.63, 3.8) is 0 Å². The Hall–Kier alpha value is -2.62. The summed E-state index contributed by atoms with van der Waals surface area (Å²) in [5.74, 6) is -0.810. The molecular formula is C76H138O4. The van der Waals surface area contributed by atoms with Crippen LogP contribution in [0.15, 0.2) is 73.3 Å². The quantitative estimate of drug-likeness (QED) is 0.0264. The first-order valence-corrected chi connectivity index (χ1v) is 35.9. The number of carbonyl (C=O) groups is 2. The number of allylic oxidation sites excluding steroid dienone is 6. The van der Waals surface area contributed by atoms with Gasteiger partial charge in [-0.2, -0.15) is 0 Å². The first kappa shape index (κ1) is 77.4. The summed E-state index contributed by atoms with van der Waals surface area (Å²) in [6.45, 7) is 13.7. The van der Waals surface area contributed by atoms with E-state index in [1.807, 2.05) is 12.2 Å². The highest BCUT2D eigenvalue weighted by molar-refractivity contribution is 5.95. The van der Waals surface area contributed by atoms with Crippen LogP contribution in [-0.2, 0) is 19.1 Å². The molecule has 0 spiro atoms. The normalized spacial score (nSPS) is 13.8. The minimum Gasteiger partial charge on any atom is -0.434 e. The molecule has 0 amide bonds. The second-order valence-electron chi connectivity index (χ2n) is 24.5. The van der Waals surface area contributed by atoms with Crippen molar-refractivity contribution in [3.05, 3.63) is 73.3 Å². The minimum atomic E-state index is -1.47. The van der Waals surface area contributed by atoms with E-state index in [1.165, 1.54) is 244 Å². The molecule has 0 heterocycles. The maximum atomic E-state index is 15.7. The van der Waals surface area contributed by atoms with Crippen LogP contribution in [0.5, 0.6) is 0 Å². The molecule has 0 bridgehead atoms. The maximum absolute atomic E-state index is 15.7. The zero-order valence-corrected chi connectivity index (χ0v) is 54.7. The van der Waals surface area contributed by atoms with Crippen molar-refractivity contribution in [2.75, 3.05) is 0 Å². The van der Waals surface area contributed by atoms with Crippen molar-refractivity contribution in [2.24, 2.45) is 10.8 Å². The second kappa shape index (κ2) is 62.4. The molecule has 0 aliphatic rings. The standard InChI is InChI=1S/C76H138O4/c1-7-13-19-25-31-37-43-49-55-61-67-75(68-62-56-50-44-38-32-26-20-14-8-2,73(77)79-71-65-59-53-47-41-35-29-23-17-11-5)76(69-63-57-51-45-39-33-27-21-15-9-3,70-64-58-52-46-40-34-28-22-16-10-4)74(78)80-72-66-60-54-48-42-36-30-24-18-12-6/h61-72H,7-60H2,1-6H3. The van der Waals surface area contributed by atoms with Crippen LogP contribution >= 0.6 is 0 Å². The Labute approximate surface area is 501 Å². The Bertz CT molecular complexity index is 1310. The monoisotopic (exact) mass is 1120 g/mol. The lowest BCUT2D eigenvalue weighted by molar-refractivity contribution is -0.159. The Morgan fingerprint density at radius 1 is 0.225 bits per heavy atom. The van der Waals surface area contributed by atoms with Gasteiger partial charge in [0.05, 0.1) is 12.5 Å². The Morgan fingerprint density at radius 2 is 0.375 bits per heavy atom. The zero-order valence-electron chi connectivity index (χ0n) is 54.7. The van der Waals surface area contributed by atoms with Gasteiger partial charge in [-0.05, 0) is 89.2 Å². The molecule has 4 heteroatoms. The fraction of sp³-hybridized carbons (Fsp3) is 0.816. The van der Waals surface area contributed by atoms with E-state index in [-0.39, 0.29) is 0 Å². The summed E-state index contributed by atoms with van der Waals surface area (Å²) in [6, 6.07) is 0. The van der Waals surface area contributed by atoms with Gasteiger partial charge in [-0.25, -0.2) is 0 Å². The summed E-state index contributed by atoms with van der Waals surface area (Å²) in [5.41, 5.74) is -2.94. The number of hydrogen-bond donors (Lipinski definition) is 0. The molecule has 80 heavy (non-hydrogen) atoms.